The topological polar surface area (TPSA) is 78.4 Å². The van der Waals surface area contributed by atoms with Crippen LogP contribution in [0.5, 0.6) is 0 Å². The molecule has 1 amide bonds. The summed E-state index contributed by atoms with van der Waals surface area (Å²) in [6.07, 6.45) is 2.86. The average molecular weight is 252 g/mol. The summed E-state index contributed by atoms with van der Waals surface area (Å²) in [7, 11) is 0. The van der Waals surface area contributed by atoms with Gasteiger partial charge in [0.05, 0.1) is 5.92 Å². The first-order valence-electron chi connectivity index (χ1n) is 6.51. The highest BCUT2D eigenvalue weighted by atomic mass is 16.4. The van der Waals surface area contributed by atoms with E-state index < -0.39 is 5.97 Å². The Morgan fingerprint density at radius 2 is 1.83 bits per heavy atom. The van der Waals surface area contributed by atoms with E-state index in [2.05, 4.69) is 10.6 Å². The minimum Gasteiger partial charge on any atom is -0.481 e. The van der Waals surface area contributed by atoms with Crippen LogP contribution in [0.2, 0.25) is 0 Å². The smallest absolute Gasteiger partial charge is 0.306 e. The second-order valence-corrected chi connectivity index (χ2v) is 5.19. The Hall–Kier alpha value is -1.36. The molecule has 2 rings (SSSR count). The Labute approximate surface area is 107 Å². The Morgan fingerprint density at radius 1 is 1.22 bits per heavy atom. The van der Waals surface area contributed by atoms with Gasteiger partial charge in [-0.1, -0.05) is 0 Å². The molecule has 3 N–H and O–H groups in total. The van der Waals surface area contributed by atoms with Crippen molar-refractivity contribution in [3.05, 3.63) is 11.1 Å². The van der Waals surface area contributed by atoms with Crippen molar-refractivity contribution in [2.45, 2.75) is 38.6 Å². The lowest BCUT2D eigenvalue weighted by Crippen LogP contribution is -2.42. The molecule has 1 heterocycles. The van der Waals surface area contributed by atoms with Gasteiger partial charge in [0.15, 0.2) is 0 Å². The molecule has 2 aliphatic rings. The van der Waals surface area contributed by atoms with E-state index in [1.165, 1.54) is 5.57 Å². The second-order valence-electron chi connectivity index (χ2n) is 5.19. The summed E-state index contributed by atoms with van der Waals surface area (Å²) in [5.41, 5.74) is 1.99. The van der Waals surface area contributed by atoms with Gasteiger partial charge in [0.1, 0.15) is 0 Å². The number of aliphatic carboxylic acids is 1. The Balaban J connectivity index is 1.81. The molecule has 5 heteroatoms. The summed E-state index contributed by atoms with van der Waals surface area (Å²) < 4.78 is 0. The predicted molar refractivity (Wildman–Crippen MR) is 67.1 cm³/mol. The van der Waals surface area contributed by atoms with E-state index >= 15 is 0 Å². The lowest BCUT2D eigenvalue weighted by molar-refractivity contribution is -0.142. The van der Waals surface area contributed by atoms with Crippen LogP contribution in [0.25, 0.3) is 0 Å². The van der Waals surface area contributed by atoms with Crippen molar-refractivity contribution in [2.24, 2.45) is 5.92 Å². The molecule has 1 saturated carbocycles. The van der Waals surface area contributed by atoms with Crippen molar-refractivity contribution in [1.29, 1.82) is 0 Å². The van der Waals surface area contributed by atoms with Gasteiger partial charge < -0.3 is 15.7 Å². The molecule has 0 bridgehead atoms. The van der Waals surface area contributed by atoms with Crippen LogP contribution in [-0.2, 0) is 9.59 Å². The first kappa shape index (κ1) is 13.1. The zero-order chi connectivity index (χ0) is 13.1. The standard InChI is InChI=1S/C13H20N2O3/c1-8(10-6-14-7-10)12(16)15-11-4-2-9(3-5-11)13(17)18/h9,11,14H,2-7H2,1H3,(H,15,16)(H,17,18). The molecule has 1 aliphatic heterocycles. The van der Waals surface area contributed by atoms with E-state index in [0.29, 0.717) is 12.8 Å². The monoisotopic (exact) mass is 252 g/mol. The minimum atomic E-state index is -0.710. The molecule has 0 spiro atoms. The average Bonchev–Trinajstić information content (AvgIpc) is 2.27. The number of hydrogen-bond donors (Lipinski definition) is 3. The van der Waals surface area contributed by atoms with Gasteiger partial charge in [0.2, 0.25) is 5.91 Å². The number of carbonyl (C=O) groups excluding carboxylic acids is 1. The molecule has 100 valence electrons. The van der Waals surface area contributed by atoms with E-state index in [1.807, 2.05) is 6.92 Å². The summed E-state index contributed by atoms with van der Waals surface area (Å²) in [4.78, 5) is 22.8. The first-order valence-corrected chi connectivity index (χ1v) is 6.51. The van der Waals surface area contributed by atoms with Gasteiger partial charge in [-0.05, 0) is 38.2 Å². The molecule has 0 aromatic carbocycles. The normalized spacial score (nSPS) is 27.3. The molecule has 2 fully saturated rings. The highest BCUT2D eigenvalue weighted by Crippen LogP contribution is 2.24. The van der Waals surface area contributed by atoms with Gasteiger partial charge in [0, 0.05) is 24.7 Å². The molecule has 0 aromatic heterocycles. The second kappa shape index (κ2) is 5.52. The van der Waals surface area contributed by atoms with Crippen LogP contribution >= 0.6 is 0 Å². The van der Waals surface area contributed by atoms with Gasteiger partial charge in [-0.25, -0.2) is 0 Å². The summed E-state index contributed by atoms with van der Waals surface area (Å²) in [6, 6.07) is 0.136. The third-order valence-electron chi connectivity index (χ3n) is 3.96. The Morgan fingerprint density at radius 3 is 2.28 bits per heavy atom. The van der Waals surface area contributed by atoms with Crippen LogP contribution in [0.15, 0.2) is 11.1 Å². The highest BCUT2D eigenvalue weighted by molar-refractivity contribution is 5.94. The van der Waals surface area contributed by atoms with E-state index in [1.54, 1.807) is 0 Å². The zero-order valence-corrected chi connectivity index (χ0v) is 10.7. The fraction of sp³-hybridized carbons (Fsp3) is 0.692. The largest absolute Gasteiger partial charge is 0.481 e. The predicted octanol–water partition coefficient (Wildman–Crippen LogP) is 0.666. The number of nitrogens with one attached hydrogen (secondary N) is 2. The maximum atomic E-state index is 11.9. The zero-order valence-electron chi connectivity index (χ0n) is 10.7. The maximum Gasteiger partial charge on any atom is 0.306 e. The van der Waals surface area contributed by atoms with Crippen LogP contribution < -0.4 is 10.6 Å². The molecule has 0 radical (unpaired) electrons. The molecule has 1 saturated heterocycles. The third-order valence-corrected chi connectivity index (χ3v) is 3.96. The van der Waals surface area contributed by atoms with Crippen molar-refractivity contribution in [2.75, 3.05) is 13.1 Å². The van der Waals surface area contributed by atoms with Crippen molar-refractivity contribution < 1.29 is 14.7 Å². The Bertz CT molecular complexity index is 376. The molecule has 18 heavy (non-hydrogen) atoms. The van der Waals surface area contributed by atoms with Crippen molar-refractivity contribution in [3.8, 4) is 0 Å². The van der Waals surface area contributed by atoms with Crippen LogP contribution in [0, 0.1) is 5.92 Å². The summed E-state index contributed by atoms with van der Waals surface area (Å²) in [6.45, 7) is 3.48. The van der Waals surface area contributed by atoms with Gasteiger partial charge in [-0.3, -0.25) is 9.59 Å². The third kappa shape index (κ3) is 2.90. The molecule has 0 aromatic rings. The number of carboxylic acid groups (broad SMARTS) is 1. The first-order chi connectivity index (χ1) is 8.58. The fourth-order valence-electron chi connectivity index (χ4n) is 2.45. The number of carbonyl (C=O) groups is 2. The molecular weight excluding hydrogens is 232 g/mol. The van der Waals surface area contributed by atoms with Gasteiger partial charge in [0.25, 0.3) is 0 Å². The van der Waals surface area contributed by atoms with Crippen LogP contribution in [0.3, 0.4) is 0 Å². The fourth-order valence-corrected chi connectivity index (χ4v) is 2.45. The molecule has 1 aliphatic carbocycles. The van der Waals surface area contributed by atoms with Crippen LogP contribution in [-0.4, -0.2) is 36.1 Å². The van der Waals surface area contributed by atoms with E-state index in [0.717, 1.165) is 31.5 Å². The number of hydrogen-bond acceptors (Lipinski definition) is 3. The minimum absolute atomic E-state index is 0.00488. The lowest BCUT2D eigenvalue weighted by atomic mass is 9.86. The van der Waals surface area contributed by atoms with Gasteiger partial charge in [-0.2, -0.15) is 0 Å². The SMILES string of the molecule is CC(C(=O)NC1CCC(C(=O)O)CC1)=C1CNC1. The quantitative estimate of drug-likeness (QED) is 0.645. The summed E-state index contributed by atoms with van der Waals surface area (Å²) in [5, 5.41) is 15.0. The number of rotatable bonds is 3. The van der Waals surface area contributed by atoms with Gasteiger partial charge in [-0.15, -0.1) is 0 Å². The van der Waals surface area contributed by atoms with Crippen LogP contribution in [0.4, 0.5) is 0 Å². The van der Waals surface area contributed by atoms with E-state index in [4.69, 9.17) is 5.11 Å². The number of amides is 1. The number of carboxylic acids is 1. The lowest BCUT2D eigenvalue weighted by Gasteiger charge is -2.28. The molecular formula is C13H20N2O3. The molecule has 0 unspecified atom stereocenters. The molecule has 5 nitrogen and oxygen atoms in total. The Kier molecular flexibility index (Phi) is 4.01. The summed E-state index contributed by atoms with van der Waals surface area (Å²) in [5.74, 6) is -0.933. The van der Waals surface area contributed by atoms with Crippen molar-refractivity contribution in [1.82, 2.24) is 10.6 Å². The maximum absolute atomic E-state index is 11.9. The van der Waals surface area contributed by atoms with Gasteiger partial charge >= 0.3 is 5.97 Å². The highest BCUT2D eigenvalue weighted by Gasteiger charge is 2.27. The summed E-state index contributed by atoms with van der Waals surface area (Å²) >= 11 is 0. The van der Waals surface area contributed by atoms with E-state index in [-0.39, 0.29) is 17.9 Å². The van der Waals surface area contributed by atoms with Crippen LogP contribution in [0.1, 0.15) is 32.6 Å². The van der Waals surface area contributed by atoms with Crippen molar-refractivity contribution in [3.63, 3.8) is 0 Å². The van der Waals surface area contributed by atoms with E-state index in [9.17, 15) is 9.59 Å². The van der Waals surface area contributed by atoms with Crippen molar-refractivity contribution >= 4 is 11.9 Å². The molecule has 0 atom stereocenters.